The van der Waals surface area contributed by atoms with Crippen molar-refractivity contribution in [2.24, 2.45) is 7.05 Å². The molecule has 3 heterocycles. The molecule has 0 unspecified atom stereocenters. The molecule has 10 heteroatoms. The van der Waals surface area contributed by atoms with Gasteiger partial charge in [0, 0.05) is 60.6 Å². The van der Waals surface area contributed by atoms with Crippen LogP contribution in [-0.4, -0.2) is 68.3 Å². The molecule has 196 valence electrons. The molecule has 0 bridgehead atoms. The Labute approximate surface area is 217 Å². The molecule has 0 amide bonds. The maximum Gasteiger partial charge on any atom is 0.259 e. The number of unbranched alkanes of at least 4 members (excludes halogenated alkanes) is 1. The van der Waals surface area contributed by atoms with E-state index in [1.54, 1.807) is 41.5 Å². The monoisotopic (exact) mass is 533 g/mol. The van der Waals surface area contributed by atoms with Crippen molar-refractivity contribution in [1.82, 2.24) is 13.8 Å². The first-order valence-corrected chi connectivity index (χ1v) is 14.9. The van der Waals surface area contributed by atoms with Crippen molar-refractivity contribution in [2.75, 3.05) is 40.1 Å². The molecule has 1 aliphatic heterocycles. The molecule has 2 aromatic heterocycles. The Bertz CT molecular complexity index is 1400. The zero-order valence-electron chi connectivity index (χ0n) is 21.6. The number of pyridine rings is 1. The van der Waals surface area contributed by atoms with Gasteiger partial charge in [-0.1, -0.05) is 25.8 Å². The highest BCUT2D eigenvalue weighted by Crippen LogP contribution is 2.38. The van der Waals surface area contributed by atoms with Crippen LogP contribution < -0.4 is 15.0 Å². The van der Waals surface area contributed by atoms with E-state index in [9.17, 15) is 13.2 Å². The molecule has 3 aromatic rings. The van der Waals surface area contributed by atoms with Gasteiger partial charge in [0.1, 0.15) is 0 Å². The van der Waals surface area contributed by atoms with Gasteiger partial charge in [0.15, 0.2) is 11.5 Å². The average Bonchev–Trinajstić information content (AvgIpc) is 3.27. The fourth-order valence-corrected chi connectivity index (χ4v) is 7.32. The highest BCUT2D eigenvalue weighted by molar-refractivity contribution is 7.88. The van der Waals surface area contributed by atoms with Gasteiger partial charge in [0.05, 0.1) is 25.9 Å². The fourth-order valence-electron chi connectivity index (χ4n) is 4.97. The number of methoxy groups -OCH3 is 2. The SMILES string of the molecule is CCCC[C@@H]1CN(Cc2cc3c(=O)n(C)cc(-c4ccc(OC)c(OC)c4)c3s2)CCN1S(C)(=O)=O. The smallest absolute Gasteiger partial charge is 0.259 e. The number of aryl methyl sites for hydroxylation is 1. The van der Waals surface area contributed by atoms with Crippen LogP contribution in [0.1, 0.15) is 31.1 Å². The summed E-state index contributed by atoms with van der Waals surface area (Å²) in [5.74, 6) is 1.29. The van der Waals surface area contributed by atoms with Crippen molar-refractivity contribution in [1.29, 1.82) is 0 Å². The van der Waals surface area contributed by atoms with E-state index in [2.05, 4.69) is 11.8 Å². The first-order chi connectivity index (χ1) is 17.2. The van der Waals surface area contributed by atoms with E-state index in [-0.39, 0.29) is 11.6 Å². The second kappa shape index (κ2) is 10.9. The third-order valence-electron chi connectivity index (χ3n) is 6.80. The summed E-state index contributed by atoms with van der Waals surface area (Å²) >= 11 is 1.63. The Balaban J connectivity index is 1.66. The number of sulfonamides is 1. The maximum absolute atomic E-state index is 13.0. The number of aromatic nitrogens is 1. The van der Waals surface area contributed by atoms with Crippen molar-refractivity contribution >= 4 is 31.4 Å². The van der Waals surface area contributed by atoms with Crippen LogP contribution in [0.3, 0.4) is 0 Å². The standard InChI is InChI=1S/C26H35N3O5S2/c1-6-7-8-19-15-28(11-12-29(19)36(5,31)32)16-20-14-21-25(35-20)22(17-27(2)26(21)30)18-9-10-23(33-3)24(13-18)34-4/h9-10,13-14,17,19H,6-8,11-12,15-16H2,1-5H3/t19-/m1/s1. The minimum absolute atomic E-state index is 0.0155. The van der Waals surface area contributed by atoms with Crippen LogP contribution in [0.25, 0.3) is 21.2 Å². The van der Waals surface area contributed by atoms with Gasteiger partial charge in [-0.05, 0) is 30.2 Å². The number of hydrogen-bond donors (Lipinski definition) is 0. The Morgan fingerprint density at radius 1 is 1.11 bits per heavy atom. The van der Waals surface area contributed by atoms with Crippen LogP contribution >= 0.6 is 11.3 Å². The highest BCUT2D eigenvalue weighted by Gasteiger charge is 2.32. The van der Waals surface area contributed by atoms with E-state index < -0.39 is 10.0 Å². The second-order valence-electron chi connectivity index (χ2n) is 9.39. The highest BCUT2D eigenvalue weighted by atomic mass is 32.2. The lowest BCUT2D eigenvalue weighted by Gasteiger charge is -2.40. The molecule has 1 aliphatic rings. The van der Waals surface area contributed by atoms with Crippen molar-refractivity contribution in [3.63, 3.8) is 0 Å². The maximum atomic E-state index is 13.0. The minimum atomic E-state index is -3.23. The zero-order chi connectivity index (χ0) is 26.0. The Morgan fingerprint density at radius 2 is 1.86 bits per heavy atom. The third-order valence-corrected chi connectivity index (χ3v) is 9.29. The minimum Gasteiger partial charge on any atom is -0.493 e. The van der Waals surface area contributed by atoms with Gasteiger partial charge in [-0.15, -0.1) is 11.3 Å². The number of ether oxygens (including phenoxy) is 2. The Hall–Kier alpha value is -2.40. The summed E-state index contributed by atoms with van der Waals surface area (Å²) in [5.41, 5.74) is 1.88. The molecule has 0 spiro atoms. The van der Waals surface area contributed by atoms with Crippen LogP contribution in [-0.2, 0) is 23.6 Å². The Morgan fingerprint density at radius 3 is 2.53 bits per heavy atom. The number of hydrogen-bond acceptors (Lipinski definition) is 7. The van der Waals surface area contributed by atoms with E-state index >= 15 is 0 Å². The van der Waals surface area contributed by atoms with Gasteiger partial charge in [-0.2, -0.15) is 4.31 Å². The molecule has 0 radical (unpaired) electrons. The van der Waals surface area contributed by atoms with Crippen LogP contribution in [0, 0.1) is 0 Å². The van der Waals surface area contributed by atoms with E-state index in [1.807, 2.05) is 30.5 Å². The summed E-state index contributed by atoms with van der Waals surface area (Å²) in [6, 6.07) is 7.76. The molecule has 1 atom stereocenters. The molecule has 8 nitrogen and oxygen atoms in total. The molecule has 36 heavy (non-hydrogen) atoms. The number of thiophene rings is 1. The zero-order valence-corrected chi connectivity index (χ0v) is 23.2. The van der Waals surface area contributed by atoms with Gasteiger partial charge < -0.3 is 14.0 Å². The van der Waals surface area contributed by atoms with Crippen LogP contribution in [0.5, 0.6) is 11.5 Å². The molecule has 1 fully saturated rings. The van der Waals surface area contributed by atoms with E-state index in [1.165, 1.54) is 6.26 Å². The predicted octanol–water partition coefficient (Wildman–Crippen LogP) is 3.92. The lowest BCUT2D eigenvalue weighted by atomic mass is 10.1. The molecule has 0 saturated carbocycles. The van der Waals surface area contributed by atoms with Gasteiger partial charge >= 0.3 is 0 Å². The lowest BCUT2D eigenvalue weighted by molar-refractivity contribution is 0.124. The summed E-state index contributed by atoms with van der Waals surface area (Å²) in [6.07, 6.45) is 6.07. The summed E-state index contributed by atoms with van der Waals surface area (Å²) in [7, 11) is 1.75. The molecular formula is C26H35N3O5S2. The van der Waals surface area contributed by atoms with E-state index in [0.717, 1.165) is 40.0 Å². The van der Waals surface area contributed by atoms with Crippen LogP contribution in [0.15, 0.2) is 35.3 Å². The number of benzene rings is 1. The third kappa shape index (κ3) is 5.46. The lowest BCUT2D eigenvalue weighted by Crippen LogP contribution is -2.54. The predicted molar refractivity (Wildman–Crippen MR) is 146 cm³/mol. The second-order valence-corrected chi connectivity index (χ2v) is 12.5. The van der Waals surface area contributed by atoms with Crippen molar-refractivity contribution < 1.29 is 17.9 Å². The summed E-state index contributed by atoms with van der Waals surface area (Å²) in [4.78, 5) is 16.4. The molecular weight excluding hydrogens is 498 g/mol. The van der Waals surface area contributed by atoms with Gasteiger partial charge in [-0.25, -0.2) is 8.42 Å². The molecule has 0 aliphatic carbocycles. The first-order valence-electron chi connectivity index (χ1n) is 12.2. The largest absolute Gasteiger partial charge is 0.493 e. The number of rotatable bonds is 9. The fraction of sp³-hybridized carbons (Fsp3) is 0.500. The van der Waals surface area contributed by atoms with Crippen LogP contribution in [0.4, 0.5) is 0 Å². The topological polar surface area (TPSA) is 81.1 Å². The summed E-state index contributed by atoms with van der Waals surface area (Å²) in [5, 5.41) is 0.696. The normalized spacial score (nSPS) is 17.5. The van der Waals surface area contributed by atoms with Crippen molar-refractivity contribution in [3.8, 4) is 22.6 Å². The molecule has 0 N–H and O–H groups in total. The van der Waals surface area contributed by atoms with E-state index in [4.69, 9.17) is 9.47 Å². The van der Waals surface area contributed by atoms with Crippen molar-refractivity contribution in [2.45, 2.75) is 38.8 Å². The van der Waals surface area contributed by atoms with Crippen LogP contribution in [0.2, 0.25) is 0 Å². The van der Waals surface area contributed by atoms with Gasteiger partial charge in [0.2, 0.25) is 10.0 Å². The molecule has 4 rings (SSSR count). The molecule has 1 aromatic carbocycles. The Kier molecular flexibility index (Phi) is 8.09. The number of fused-ring (bicyclic) bond motifs is 1. The van der Waals surface area contributed by atoms with Gasteiger partial charge in [0.25, 0.3) is 5.56 Å². The quantitative estimate of drug-likeness (QED) is 0.415. The summed E-state index contributed by atoms with van der Waals surface area (Å²) < 4.78 is 39.8. The summed E-state index contributed by atoms with van der Waals surface area (Å²) in [6.45, 7) is 4.68. The van der Waals surface area contributed by atoms with Crippen molar-refractivity contribution in [3.05, 3.63) is 45.7 Å². The van der Waals surface area contributed by atoms with Gasteiger partial charge in [-0.3, -0.25) is 9.69 Å². The molecule has 1 saturated heterocycles. The number of piperazine rings is 1. The van der Waals surface area contributed by atoms with E-state index in [0.29, 0.717) is 43.1 Å². The number of nitrogens with zero attached hydrogens (tertiary/aromatic N) is 3. The average molecular weight is 534 g/mol. The first kappa shape index (κ1) is 26.7.